The molecule has 2 aliphatic rings. The van der Waals surface area contributed by atoms with E-state index in [2.05, 4.69) is 10.6 Å². The van der Waals surface area contributed by atoms with Crippen LogP contribution in [-0.2, 0) is 4.79 Å². The molecule has 2 saturated carbocycles. The van der Waals surface area contributed by atoms with Crippen molar-refractivity contribution in [1.29, 1.82) is 0 Å². The van der Waals surface area contributed by atoms with Crippen molar-refractivity contribution in [1.82, 2.24) is 5.32 Å². The summed E-state index contributed by atoms with van der Waals surface area (Å²) in [5.74, 6) is 0.525. The third kappa shape index (κ3) is 3.85. The summed E-state index contributed by atoms with van der Waals surface area (Å²) in [6.45, 7) is 0.0823. The number of nitrogens with one attached hydrogen (secondary N) is 2. The average molecular weight is 302 g/mol. The quantitative estimate of drug-likeness (QED) is 0.720. The summed E-state index contributed by atoms with van der Waals surface area (Å²) in [6, 6.07) is 7.06. The molecule has 1 atom stereocenters. The normalized spacial score (nSPS) is 18.6. The van der Waals surface area contributed by atoms with Crippen molar-refractivity contribution in [3.05, 3.63) is 29.8 Å². The Kier molecular flexibility index (Phi) is 4.43. The van der Waals surface area contributed by atoms with Gasteiger partial charge in [0.25, 0.3) is 5.91 Å². The van der Waals surface area contributed by atoms with Gasteiger partial charge in [0.05, 0.1) is 0 Å². The summed E-state index contributed by atoms with van der Waals surface area (Å²) < 4.78 is 0. The molecule has 3 rings (SSSR count). The molecule has 2 aliphatic carbocycles. The lowest BCUT2D eigenvalue weighted by Crippen LogP contribution is -2.37. The number of carbonyl (C=O) groups excluding carboxylic acids is 2. The SMILES string of the molecule is O=C(NC(CCO)C1CC1)c1cccc(NC(=O)C2CC2)c1. The maximum Gasteiger partial charge on any atom is 0.251 e. The van der Waals surface area contributed by atoms with Crippen molar-refractivity contribution in [3.63, 3.8) is 0 Å². The molecule has 2 fully saturated rings. The molecule has 2 amide bonds. The molecule has 5 heteroatoms. The van der Waals surface area contributed by atoms with Crippen molar-refractivity contribution >= 4 is 17.5 Å². The first-order chi connectivity index (χ1) is 10.7. The van der Waals surface area contributed by atoms with Crippen LogP contribution < -0.4 is 10.6 Å². The number of anilines is 1. The second-order valence-corrected chi connectivity index (χ2v) is 6.27. The minimum atomic E-state index is -0.145. The smallest absolute Gasteiger partial charge is 0.251 e. The highest BCUT2D eigenvalue weighted by atomic mass is 16.3. The predicted molar refractivity (Wildman–Crippen MR) is 83.5 cm³/mol. The second-order valence-electron chi connectivity index (χ2n) is 6.27. The highest BCUT2D eigenvalue weighted by Gasteiger charge is 2.32. The highest BCUT2D eigenvalue weighted by molar-refractivity contribution is 5.98. The zero-order valence-electron chi connectivity index (χ0n) is 12.5. The van der Waals surface area contributed by atoms with Gasteiger partial charge in [0.2, 0.25) is 5.91 Å². The third-order valence-corrected chi connectivity index (χ3v) is 4.29. The first-order valence-corrected chi connectivity index (χ1v) is 8.00. The van der Waals surface area contributed by atoms with Gasteiger partial charge in [0.15, 0.2) is 0 Å². The molecule has 22 heavy (non-hydrogen) atoms. The number of hydrogen-bond donors (Lipinski definition) is 3. The van der Waals surface area contributed by atoms with E-state index in [1.54, 1.807) is 24.3 Å². The maximum atomic E-state index is 12.3. The molecule has 3 N–H and O–H groups in total. The summed E-state index contributed by atoms with van der Waals surface area (Å²) in [4.78, 5) is 24.1. The largest absolute Gasteiger partial charge is 0.396 e. The van der Waals surface area contributed by atoms with Gasteiger partial charge in [0.1, 0.15) is 0 Å². The molecule has 1 unspecified atom stereocenters. The lowest BCUT2D eigenvalue weighted by atomic mass is 10.1. The molecule has 0 spiro atoms. The lowest BCUT2D eigenvalue weighted by molar-refractivity contribution is -0.117. The Morgan fingerprint density at radius 2 is 2.00 bits per heavy atom. The number of amides is 2. The van der Waals surface area contributed by atoms with Crippen molar-refractivity contribution in [2.24, 2.45) is 11.8 Å². The number of hydrogen-bond acceptors (Lipinski definition) is 3. The fourth-order valence-electron chi connectivity index (χ4n) is 2.64. The molecule has 0 radical (unpaired) electrons. The van der Waals surface area contributed by atoms with E-state index >= 15 is 0 Å². The van der Waals surface area contributed by atoms with Crippen LogP contribution in [0.4, 0.5) is 5.69 Å². The molecular formula is C17H22N2O3. The number of rotatable bonds is 7. The van der Waals surface area contributed by atoms with Crippen LogP contribution in [0.25, 0.3) is 0 Å². The minimum Gasteiger partial charge on any atom is -0.396 e. The first-order valence-electron chi connectivity index (χ1n) is 8.00. The third-order valence-electron chi connectivity index (χ3n) is 4.29. The van der Waals surface area contributed by atoms with E-state index in [1.807, 2.05) is 0 Å². The van der Waals surface area contributed by atoms with Crippen LogP contribution >= 0.6 is 0 Å². The van der Waals surface area contributed by atoms with E-state index < -0.39 is 0 Å². The minimum absolute atomic E-state index is 0.0358. The van der Waals surface area contributed by atoms with Gasteiger partial charge in [0, 0.05) is 29.8 Å². The summed E-state index contributed by atoms with van der Waals surface area (Å²) in [7, 11) is 0. The van der Waals surface area contributed by atoms with Crippen molar-refractivity contribution in [2.75, 3.05) is 11.9 Å². The fraction of sp³-hybridized carbons (Fsp3) is 0.529. The van der Waals surface area contributed by atoms with Gasteiger partial charge in [-0.15, -0.1) is 0 Å². The van der Waals surface area contributed by atoms with E-state index in [9.17, 15) is 9.59 Å². The van der Waals surface area contributed by atoms with Gasteiger partial charge in [-0.3, -0.25) is 9.59 Å². The van der Waals surface area contributed by atoms with Gasteiger partial charge in [-0.2, -0.15) is 0 Å². The predicted octanol–water partition coefficient (Wildman–Crippen LogP) is 1.93. The molecular weight excluding hydrogens is 280 g/mol. The van der Waals surface area contributed by atoms with Crippen LogP contribution in [0.3, 0.4) is 0 Å². The monoisotopic (exact) mass is 302 g/mol. The van der Waals surface area contributed by atoms with E-state index in [4.69, 9.17) is 5.11 Å². The van der Waals surface area contributed by atoms with Crippen LogP contribution in [0, 0.1) is 11.8 Å². The van der Waals surface area contributed by atoms with E-state index in [0.29, 0.717) is 23.6 Å². The zero-order valence-corrected chi connectivity index (χ0v) is 12.5. The Labute approximate surface area is 130 Å². The molecule has 1 aromatic rings. The Morgan fingerprint density at radius 1 is 1.23 bits per heavy atom. The molecule has 0 aromatic heterocycles. The number of benzene rings is 1. The number of aliphatic hydroxyl groups excluding tert-OH is 1. The van der Waals surface area contributed by atoms with Crippen LogP contribution in [0.5, 0.6) is 0 Å². The summed E-state index contributed by atoms with van der Waals surface area (Å²) >= 11 is 0. The summed E-state index contributed by atoms with van der Waals surface area (Å²) in [6.07, 6.45) is 4.73. The topological polar surface area (TPSA) is 78.4 Å². The number of carbonyl (C=O) groups is 2. The Balaban J connectivity index is 1.62. The van der Waals surface area contributed by atoms with Gasteiger partial charge in [-0.1, -0.05) is 6.07 Å². The Morgan fingerprint density at radius 3 is 2.64 bits per heavy atom. The van der Waals surface area contributed by atoms with Gasteiger partial charge in [-0.25, -0.2) is 0 Å². The Hall–Kier alpha value is -1.88. The van der Waals surface area contributed by atoms with Gasteiger partial charge < -0.3 is 15.7 Å². The van der Waals surface area contributed by atoms with Crippen molar-refractivity contribution < 1.29 is 14.7 Å². The van der Waals surface area contributed by atoms with E-state index in [1.165, 1.54) is 0 Å². The van der Waals surface area contributed by atoms with Gasteiger partial charge in [-0.05, 0) is 56.2 Å². The van der Waals surface area contributed by atoms with E-state index in [0.717, 1.165) is 25.7 Å². The highest BCUT2D eigenvalue weighted by Crippen LogP contribution is 2.34. The average Bonchev–Trinajstić information content (AvgIpc) is 3.40. The Bertz CT molecular complexity index is 565. The zero-order chi connectivity index (χ0) is 15.5. The molecule has 118 valence electrons. The molecule has 1 aromatic carbocycles. The molecule has 0 heterocycles. The number of aliphatic hydroxyl groups is 1. The molecule has 5 nitrogen and oxygen atoms in total. The maximum absolute atomic E-state index is 12.3. The van der Waals surface area contributed by atoms with Crippen molar-refractivity contribution in [3.8, 4) is 0 Å². The van der Waals surface area contributed by atoms with Crippen LogP contribution in [0.1, 0.15) is 42.5 Å². The van der Waals surface area contributed by atoms with Crippen LogP contribution in [0.15, 0.2) is 24.3 Å². The summed E-state index contributed by atoms with van der Waals surface area (Å²) in [5.41, 5.74) is 1.20. The molecule has 0 bridgehead atoms. The summed E-state index contributed by atoms with van der Waals surface area (Å²) in [5, 5.41) is 15.0. The second kappa shape index (κ2) is 6.48. The van der Waals surface area contributed by atoms with Crippen LogP contribution in [-0.4, -0.2) is 29.6 Å². The van der Waals surface area contributed by atoms with Gasteiger partial charge >= 0.3 is 0 Å². The van der Waals surface area contributed by atoms with E-state index in [-0.39, 0.29) is 30.4 Å². The lowest BCUT2D eigenvalue weighted by Gasteiger charge is -2.17. The standard InChI is InChI=1S/C17H22N2O3/c20-9-8-15(11-4-5-11)19-17(22)13-2-1-3-14(10-13)18-16(21)12-6-7-12/h1-3,10-12,15,20H,4-9H2,(H,18,21)(H,19,22). The molecule has 0 aliphatic heterocycles. The van der Waals surface area contributed by atoms with Crippen molar-refractivity contribution in [2.45, 2.75) is 38.1 Å². The molecule has 0 saturated heterocycles. The first kappa shape index (κ1) is 15.0. The van der Waals surface area contributed by atoms with Crippen LogP contribution in [0.2, 0.25) is 0 Å². The fourth-order valence-corrected chi connectivity index (χ4v) is 2.64.